The van der Waals surface area contributed by atoms with Crippen molar-refractivity contribution in [2.45, 2.75) is 25.3 Å². The molecule has 0 spiro atoms. The number of cyclic esters (lactones) is 2. The van der Waals surface area contributed by atoms with Crippen LogP contribution in [0.5, 0.6) is 0 Å². The summed E-state index contributed by atoms with van der Waals surface area (Å²) < 4.78 is 4.31. The van der Waals surface area contributed by atoms with Crippen molar-refractivity contribution >= 4 is 12.1 Å². The van der Waals surface area contributed by atoms with Gasteiger partial charge in [-0.1, -0.05) is 12.8 Å². The first-order chi connectivity index (χ1) is 5.25. The van der Waals surface area contributed by atoms with Crippen molar-refractivity contribution in [3.05, 3.63) is 0 Å². The predicted octanol–water partition coefficient (Wildman–Crippen LogP) is 0.421. The van der Waals surface area contributed by atoms with Crippen molar-refractivity contribution in [3.63, 3.8) is 0 Å². The summed E-state index contributed by atoms with van der Waals surface area (Å²) in [6, 6.07) is -0.366. The van der Waals surface area contributed by atoms with Crippen molar-refractivity contribution in [3.8, 4) is 0 Å². The minimum Gasteiger partial charge on any atom is -0.375 e. The number of carbonyl (C=O) groups is 2. The van der Waals surface area contributed by atoms with Crippen LogP contribution in [0.25, 0.3) is 0 Å². The van der Waals surface area contributed by atoms with E-state index in [4.69, 9.17) is 0 Å². The van der Waals surface area contributed by atoms with Crippen molar-refractivity contribution in [2.24, 2.45) is 5.92 Å². The molecule has 0 aromatic heterocycles. The van der Waals surface area contributed by atoms with Crippen LogP contribution in [0.4, 0.5) is 4.79 Å². The van der Waals surface area contributed by atoms with Gasteiger partial charge >= 0.3 is 12.1 Å². The number of hydrogen-bond acceptors (Lipinski definition) is 3. The standard InChI is InChI=1S/C7H9NO3/c9-6-5(3-4-1-2-4)8-7(10)11-6/h4-5H,1-3H2,(H,8,10). The Kier molecular flexibility index (Phi) is 1.34. The van der Waals surface area contributed by atoms with E-state index in [0.717, 1.165) is 6.42 Å². The average molecular weight is 155 g/mol. The lowest BCUT2D eigenvalue weighted by atomic mass is 10.1. The van der Waals surface area contributed by atoms with Crippen LogP contribution >= 0.6 is 0 Å². The van der Waals surface area contributed by atoms with Crippen LogP contribution in [-0.4, -0.2) is 18.1 Å². The van der Waals surface area contributed by atoms with Crippen LogP contribution < -0.4 is 5.32 Å². The van der Waals surface area contributed by atoms with Crippen molar-refractivity contribution in [1.29, 1.82) is 0 Å². The zero-order valence-corrected chi connectivity index (χ0v) is 6.00. The van der Waals surface area contributed by atoms with Crippen molar-refractivity contribution in [1.82, 2.24) is 5.32 Å². The second kappa shape index (κ2) is 2.22. The normalized spacial score (nSPS) is 30.0. The van der Waals surface area contributed by atoms with Gasteiger partial charge in [0.2, 0.25) is 0 Å². The SMILES string of the molecule is O=C1NC(CC2CC2)C(=O)O1. The van der Waals surface area contributed by atoms with Gasteiger partial charge in [-0.25, -0.2) is 9.59 Å². The molecule has 60 valence electrons. The minimum atomic E-state index is -0.597. The molecule has 4 nitrogen and oxygen atoms in total. The van der Waals surface area contributed by atoms with E-state index in [2.05, 4.69) is 10.1 Å². The van der Waals surface area contributed by atoms with Crippen LogP contribution in [0.2, 0.25) is 0 Å². The van der Waals surface area contributed by atoms with E-state index in [-0.39, 0.29) is 6.04 Å². The lowest BCUT2D eigenvalue weighted by Crippen LogP contribution is -2.28. The topological polar surface area (TPSA) is 55.4 Å². The molecule has 2 rings (SSSR count). The molecule has 1 saturated heterocycles. The summed E-state index contributed by atoms with van der Waals surface area (Å²) in [6.07, 6.45) is 2.52. The van der Waals surface area contributed by atoms with Gasteiger partial charge in [0.05, 0.1) is 0 Å². The van der Waals surface area contributed by atoms with E-state index in [1.807, 2.05) is 0 Å². The molecule has 2 fully saturated rings. The lowest BCUT2D eigenvalue weighted by Gasteiger charge is -2.01. The second-order valence-corrected chi connectivity index (χ2v) is 3.08. The smallest absolute Gasteiger partial charge is 0.375 e. The molecule has 0 aromatic rings. The molecule has 1 aliphatic carbocycles. The Bertz CT molecular complexity index is 210. The molecule has 2 aliphatic rings. The van der Waals surface area contributed by atoms with Crippen LogP contribution in [0.3, 0.4) is 0 Å². The van der Waals surface area contributed by atoms with Gasteiger partial charge in [-0.05, 0) is 12.3 Å². The molecule has 1 N–H and O–H groups in total. The van der Waals surface area contributed by atoms with Gasteiger partial charge in [-0.3, -0.25) is 0 Å². The lowest BCUT2D eigenvalue weighted by molar-refractivity contribution is -0.135. The number of hydrogen-bond donors (Lipinski definition) is 1. The summed E-state index contributed by atoms with van der Waals surface area (Å²) in [4.78, 5) is 21.4. The van der Waals surface area contributed by atoms with E-state index in [1.165, 1.54) is 12.8 Å². The van der Waals surface area contributed by atoms with Crippen LogP contribution in [-0.2, 0) is 9.53 Å². The van der Waals surface area contributed by atoms with E-state index in [9.17, 15) is 9.59 Å². The summed E-state index contributed by atoms with van der Waals surface area (Å²) in [5.74, 6) is 0.216. The highest BCUT2D eigenvalue weighted by Crippen LogP contribution is 2.34. The number of ether oxygens (including phenoxy) is 1. The van der Waals surface area contributed by atoms with E-state index in [0.29, 0.717) is 5.92 Å². The van der Waals surface area contributed by atoms with Gasteiger partial charge in [-0.2, -0.15) is 0 Å². The fraction of sp³-hybridized carbons (Fsp3) is 0.714. The maximum Gasteiger partial charge on any atom is 0.415 e. The van der Waals surface area contributed by atoms with Crippen LogP contribution in [0, 0.1) is 5.92 Å². The van der Waals surface area contributed by atoms with E-state index in [1.54, 1.807) is 0 Å². The fourth-order valence-electron chi connectivity index (χ4n) is 1.24. The van der Waals surface area contributed by atoms with Gasteiger partial charge < -0.3 is 10.1 Å². The highest BCUT2D eigenvalue weighted by Gasteiger charge is 2.36. The molecule has 1 atom stereocenters. The zero-order valence-electron chi connectivity index (χ0n) is 6.00. The molecule has 1 aliphatic heterocycles. The first-order valence-corrected chi connectivity index (χ1v) is 3.78. The van der Waals surface area contributed by atoms with Crippen LogP contribution in [0.1, 0.15) is 19.3 Å². The average Bonchev–Trinajstić information content (AvgIpc) is 2.64. The molecule has 0 bridgehead atoms. The fourth-order valence-corrected chi connectivity index (χ4v) is 1.24. The Balaban J connectivity index is 1.91. The van der Waals surface area contributed by atoms with Gasteiger partial charge in [0, 0.05) is 0 Å². The van der Waals surface area contributed by atoms with Crippen LogP contribution in [0.15, 0.2) is 0 Å². The zero-order chi connectivity index (χ0) is 7.84. The first-order valence-electron chi connectivity index (χ1n) is 3.78. The monoisotopic (exact) mass is 155 g/mol. The molecule has 1 saturated carbocycles. The number of alkyl carbamates (subject to hydrolysis) is 1. The van der Waals surface area contributed by atoms with Crippen molar-refractivity contribution < 1.29 is 14.3 Å². The number of nitrogens with one attached hydrogen (secondary N) is 1. The number of rotatable bonds is 2. The molecular weight excluding hydrogens is 146 g/mol. The summed E-state index contributed by atoms with van der Waals surface area (Å²) in [6.45, 7) is 0. The van der Waals surface area contributed by atoms with E-state index >= 15 is 0 Å². The second-order valence-electron chi connectivity index (χ2n) is 3.08. The molecule has 0 aromatic carbocycles. The minimum absolute atomic E-state index is 0.366. The largest absolute Gasteiger partial charge is 0.415 e. The summed E-state index contributed by atoms with van der Waals surface area (Å²) >= 11 is 0. The molecular formula is C7H9NO3. The Morgan fingerprint density at radius 1 is 1.45 bits per heavy atom. The third-order valence-electron chi connectivity index (χ3n) is 2.04. The Morgan fingerprint density at radius 2 is 2.18 bits per heavy atom. The van der Waals surface area contributed by atoms with Gasteiger partial charge in [0.1, 0.15) is 6.04 Å². The molecule has 4 heteroatoms. The Hall–Kier alpha value is -1.06. The third-order valence-corrected chi connectivity index (χ3v) is 2.04. The number of amides is 1. The van der Waals surface area contributed by atoms with Gasteiger partial charge in [-0.15, -0.1) is 0 Å². The maximum absolute atomic E-state index is 10.8. The van der Waals surface area contributed by atoms with E-state index < -0.39 is 12.1 Å². The Morgan fingerprint density at radius 3 is 2.64 bits per heavy atom. The number of esters is 1. The Labute approximate surface area is 63.9 Å². The van der Waals surface area contributed by atoms with Crippen molar-refractivity contribution in [2.75, 3.05) is 0 Å². The summed E-state index contributed by atoms with van der Waals surface area (Å²) in [5, 5.41) is 2.46. The highest BCUT2D eigenvalue weighted by molar-refractivity contribution is 5.95. The summed E-state index contributed by atoms with van der Waals surface area (Å²) in [7, 11) is 0. The third kappa shape index (κ3) is 1.34. The summed E-state index contributed by atoms with van der Waals surface area (Å²) in [5.41, 5.74) is 0. The predicted molar refractivity (Wildman–Crippen MR) is 35.8 cm³/mol. The maximum atomic E-state index is 10.8. The molecule has 11 heavy (non-hydrogen) atoms. The first kappa shape index (κ1) is 6.64. The highest BCUT2D eigenvalue weighted by atomic mass is 16.6. The molecule has 1 amide bonds. The van der Waals surface area contributed by atoms with Gasteiger partial charge in [0.15, 0.2) is 0 Å². The number of carbonyl (C=O) groups excluding carboxylic acids is 2. The molecule has 0 radical (unpaired) electrons. The molecule has 1 unspecified atom stereocenters. The van der Waals surface area contributed by atoms with Gasteiger partial charge in [0.25, 0.3) is 0 Å². The quantitative estimate of drug-likeness (QED) is 0.464. The molecule has 1 heterocycles.